The first-order valence-corrected chi connectivity index (χ1v) is 15.3. The van der Waals surface area contributed by atoms with Crippen LogP contribution in [0.2, 0.25) is 5.02 Å². The number of nitrogens with zero attached hydrogens (tertiary/aromatic N) is 3. The molecule has 0 amide bonds. The highest BCUT2D eigenvalue weighted by Gasteiger charge is 2.25. The lowest BCUT2D eigenvalue weighted by Crippen LogP contribution is -2.38. The standard InChI is InChI=1S/C33H37Cl2N3O2/c34-19-6-22-40-29-17-13-25(14-18-29)7-3-4-20-37-21-5-8-28(37)24-38-33(39)31-10-2-1-9-30(31)32(36-38)23-26-11-15-27(35)16-12-26/h1-2,9-18,28H,3-8,19-24H2/t28-/m1/s1. The number of aromatic nitrogens is 2. The third kappa shape index (κ3) is 7.45. The van der Waals surface area contributed by atoms with Crippen LogP contribution in [-0.4, -0.2) is 46.3 Å². The summed E-state index contributed by atoms with van der Waals surface area (Å²) in [5.41, 5.74) is 3.39. The highest BCUT2D eigenvalue weighted by molar-refractivity contribution is 6.30. The van der Waals surface area contributed by atoms with E-state index in [9.17, 15) is 4.79 Å². The van der Waals surface area contributed by atoms with Crippen molar-refractivity contribution in [2.45, 2.75) is 57.5 Å². The molecule has 1 fully saturated rings. The minimum atomic E-state index is -0.00242. The third-order valence-electron chi connectivity index (χ3n) is 7.74. The van der Waals surface area contributed by atoms with Gasteiger partial charge in [-0.2, -0.15) is 5.10 Å². The van der Waals surface area contributed by atoms with E-state index in [0.29, 0.717) is 36.5 Å². The molecule has 7 heteroatoms. The average molecular weight is 579 g/mol. The molecule has 0 bridgehead atoms. The van der Waals surface area contributed by atoms with Crippen LogP contribution in [0.5, 0.6) is 5.75 Å². The number of alkyl halides is 1. The van der Waals surface area contributed by atoms with E-state index in [1.807, 2.05) is 48.5 Å². The van der Waals surface area contributed by atoms with Crippen molar-refractivity contribution < 1.29 is 4.74 Å². The van der Waals surface area contributed by atoms with E-state index in [1.54, 1.807) is 4.68 Å². The summed E-state index contributed by atoms with van der Waals surface area (Å²) in [4.78, 5) is 16.0. The molecule has 0 N–H and O–H groups in total. The summed E-state index contributed by atoms with van der Waals surface area (Å²) in [7, 11) is 0. The third-order valence-corrected chi connectivity index (χ3v) is 8.26. The van der Waals surface area contributed by atoms with Gasteiger partial charge >= 0.3 is 0 Å². The van der Waals surface area contributed by atoms with E-state index in [1.165, 1.54) is 5.56 Å². The zero-order valence-corrected chi connectivity index (χ0v) is 24.4. The number of likely N-dealkylation sites (tertiary alicyclic amines) is 1. The van der Waals surface area contributed by atoms with Gasteiger partial charge in [-0.3, -0.25) is 9.69 Å². The number of hydrogen-bond acceptors (Lipinski definition) is 4. The second-order valence-corrected chi connectivity index (χ2v) is 11.4. The average Bonchev–Trinajstić information content (AvgIpc) is 3.42. The molecule has 0 aliphatic carbocycles. The van der Waals surface area contributed by atoms with Crippen LogP contribution < -0.4 is 10.3 Å². The number of benzene rings is 3. The zero-order chi connectivity index (χ0) is 27.7. The Hall–Kier alpha value is -2.86. The van der Waals surface area contributed by atoms with Gasteiger partial charge in [-0.25, -0.2) is 4.68 Å². The summed E-state index contributed by atoms with van der Waals surface area (Å²) in [6, 6.07) is 24.4. The minimum absolute atomic E-state index is 0.00242. The van der Waals surface area contributed by atoms with Crippen molar-refractivity contribution in [1.29, 1.82) is 0 Å². The number of fused-ring (bicyclic) bond motifs is 1. The Morgan fingerprint density at radius 3 is 2.42 bits per heavy atom. The molecule has 4 aromatic rings. The Balaban J connectivity index is 1.20. The Bertz CT molecular complexity index is 1440. The first-order valence-electron chi connectivity index (χ1n) is 14.4. The molecule has 1 atom stereocenters. The Morgan fingerprint density at radius 2 is 1.65 bits per heavy atom. The maximum Gasteiger partial charge on any atom is 0.274 e. The molecule has 5 nitrogen and oxygen atoms in total. The van der Waals surface area contributed by atoms with Crippen molar-refractivity contribution in [3.8, 4) is 5.75 Å². The molecule has 210 valence electrons. The molecular weight excluding hydrogens is 541 g/mol. The molecule has 0 spiro atoms. The van der Waals surface area contributed by atoms with Gasteiger partial charge in [0.05, 0.1) is 24.2 Å². The summed E-state index contributed by atoms with van der Waals surface area (Å²) < 4.78 is 7.42. The number of ether oxygens (including phenoxy) is 1. The van der Waals surface area contributed by atoms with Crippen LogP contribution in [0.1, 0.15) is 48.9 Å². The Kier molecular flexibility index (Phi) is 10.1. The van der Waals surface area contributed by atoms with Crippen molar-refractivity contribution >= 4 is 34.0 Å². The van der Waals surface area contributed by atoms with Gasteiger partial charge < -0.3 is 4.74 Å². The number of rotatable bonds is 13. The second-order valence-electron chi connectivity index (χ2n) is 10.6. The molecule has 3 aromatic carbocycles. The normalized spacial score (nSPS) is 15.6. The van der Waals surface area contributed by atoms with E-state index in [2.05, 4.69) is 29.2 Å². The van der Waals surface area contributed by atoms with Gasteiger partial charge in [0.1, 0.15) is 5.75 Å². The fraction of sp³-hybridized carbons (Fsp3) is 0.394. The first-order chi connectivity index (χ1) is 19.6. The van der Waals surface area contributed by atoms with Crippen LogP contribution in [0.4, 0.5) is 0 Å². The van der Waals surface area contributed by atoms with Crippen molar-refractivity contribution in [2.24, 2.45) is 0 Å². The Morgan fingerprint density at radius 1 is 0.900 bits per heavy atom. The lowest BCUT2D eigenvalue weighted by atomic mass is 10.0. The molecule has 1 aromatic heterocycles. The van der Waals surface area contributed by atoms with Crippen LogP contribution in [0.15, 0.2) is 77.6 Å². The summed E-state index contributed by atoms with van der Waals surface area (Å²) in [6.45, 7) is 3.41. The zero-order valence-electron chi connectivity index (χ0n) is 22.9. The molecule has 1 aliphatic rings. The van der Waals surface area contributed by atoms with E-state index >= 15 is 0 Å². The number of unbranched alkanes of at least 4 members (excludes halogenated alkanes) is 1. The second kappa shape index (κ2) is 14.2. The largest absolute Gasteiger partial charge is 0.494 e. The van der Waals surface area contributed by atoms with Crippen molar-refractivity contribution in [3.63, 3.8) is 0 Å². The topological polar surface area (TPSA) is 47.4 Å². The first kappa shape index (κ1) is 28.7. The van der Waals surface area contributed by atoms with E-state index in [4.69, 9.17) is 33.0 Å². The minimum Gasteiger partial charge on any atom is -0.494 e. The van der Waals surface area contributed by atoms with Crippen LogP contribution >= 0.6 is 23.2 Å². The fourth-order valence-corrected chi connectivity index (χ4v) is 5.83. The van der Waals surface area contributed by atoms with Crippen molar-refractivity contribution in [1.82, 2.24) is 14.7 Å². The van der Waals surface area contributed by atoms with E-state index in [-0.39, 0.29) is 5.56 Å². The predicted molar refractivity (Wildman–Crippen MR) is 165 cm³/mol. The van der Waals surface area contributed by atoms with Gasteiger partial charge in [0.15, 0.2) is 0 Å². The number of halogens is 2. The molecule has 2 heterocycles. The summed E-state index contributed by atoms with van der Waals surface area (Å²) in [6.07, 6.45) is 7.10. The lowest BCUT2D eigenvalue weighted by Gasteiger charge is -2.25. The van der Waals surface area contributed by atoms with E-state index < -0.39 is 0 Å². The van der Waals surface area contributed by atoms with Gasteiger partial charge in [0.2, 0.25) is 0 Å². The molecule has 1 saturated heterocycles. The van der Waals surface area contributed by atoms with Gasteiger partial charge in [-0.05, 0) is 93.1 Å². The van der Waals surface area contributed by atoms with Crippen LogP contribution in [0.3, 0.4) is 0 Å². The highest BCUT2D eigenvalue weighted by Crippen LogP contribution is 2.22. The Labute approximate surface area is 246 Å². The van der Waals surface area contributed by atoms with Crippen molar-refractivity contribution in [2.75, 3.05) is 25.6 Å². The molecule has 1 aliphatic heterocycles. The summed E-state index contributed by atoms with van der Waals surface area (Å²) >= 11 is 11.8. The highest BCUT2D eigenvalue weighted by atomic mass is 35.5. The summed E-state index contributed by atoms with van der Waals surface area (Å²) in [5.74, 6) is 1.53. The van der Waals surface area contributed by atoms with Gasteiger partial charge in [-0.1, -0.05) is 54.1 Å². The molecule has 0 unspecified atom stereocenters. The monoisotopic (exact) mass is 577 g/mol. The molecule has 40 heavy (non-hydrogen) atoms. The van der Waals surface area contributed by atoms with Crippen LogP contribution in [0, 0.1) is 0 Å². The molecule has 0 radical (unpaired) electrons. The van der Waals surface area contributed by atoms with E-state index in [0.717, 1.165) is 79.4 Å². The van der Waals surface area contributed by atoms with Gasteiger partial charge in [-0.15, -0.1) is 11.6 Å². The van der Waals surface area contributed by atoms with Gasteiger partial charge in [0, 0.05) is 28.8 Å². The quantitative estimate of drug-likeness (QED) is 0.125. The summed E-state index contributed by atoms with van der Waals surface area (Å²) in [5, 5.41) is 7.29. The van der Waals surface area contributed by atoms with Crippen molar-refractivity contribution in [3.05, 3.63) is 105 Å². The number of aryl methyl sites for hydroxylation is 1. The maximum absolute atomic E-state index is 13.4. The molecular formula is C33H37Cl2N3O2. The van der Waals surface area contributed by atoms with Gasteiger partial charge in [0.25, 0.3) is 5.56 Å². The smallest absolute Gasteiger partial charge is 0.274 e. The lowest BCUT2D eigenvalue weighted by molar-refractivity contribution is 0.221. The maximum atomic E-state index is 13.4. The predicted octanol–water partition coefficient (Wildman–Crippen LogP) is 7.14. The molecule has 0 saturated carbocycles. The molecule has 5 rings (SSSR count). The van der Waals surface area contributed by atoms with Crippen LogP contribution in [0.25, 0.3) is 10.8 Å². The fourth-order valence-electron chi connectivity index (χ4n) is 5.59. The van der Waals surface area contributed by atoms with Crippen LogP contribution in [-0.2, 0) is 19.4 Å². The SMILES string of the molecule is O=c1c2ccccc2c(Cc2ccc(Cl)cc2)nn1C[C@H]1CCCN1CCCCc1ccc(OCCCCl)cc1. The number of hydrogen-bond donors (Lipinski definition) is 0.